The number of hydrogen-bond donors (Lipinski definition) is 1. The van der Waals surface area contributed by atoms with Crippen molar-refractivity contribution in [3.05, 3.63) is 23.8 Å². The van der Waals surface area contributed by atoms with Crippen LogP contribution >= 0.6 is 0 Å². The molecule has 4 nitrogen and oxygen atoms in total. The van der Waals surface area contributed by atoms with Crippen LogP contribution in [0.15, 0.2) is 18.2 Å². The Morgan fingerprint density at radius 2 is 2.12 bits per heavy atom. The number of fused-ring (bicyclic) bond motifs is 2. The van der Waals surface area contributed by atoms with Crippen molar-refractivity contribution in [1.82, 2.24) is 5.32 Å². The Hall–Kier alpha value is -1.55. The minimum Gasteiger partial charge on any atom is -0.497 e. The van der Waals surface area contributed by atoms with Gasteiger partial charge in [-0.2, -0.15) is 0 Å². The Balaban J connectivity index is 2.10. The van der Waals surface area contributed by atoms with Gasteiger partial charge in [0.25, 0.3) is 0 Å². The Morgan fingerprint density at radius 3 is 2.82 bits per heavy atom. The van der Waals surface area contributed by atoms with Gasteiger partial charge in [0.05, 0.1) is 12.5 Å². The second kappa shape index (κ2) is 3.74. The van der Waals surface area contributed by atoms with Gasteiger partial charge >= 0.3 is 5.97 Å². The van der Waals surface area contributed by atoms with Crippen LogP contribution in [0.2, 0.25) is 0 Å². The molecule has 1 saturated heterocycles. The lowest BCUT2D eigenvalue weighted by Crippen LogP contribution is -2.44. The number of carbonyl (C=O) groups excluding carboxylic acids is 1. The lowest BCUT2D eigenvalue weighted by molar-refractivity contribution is -0.139. The van der Waals surface area contributed by atoms with Crippen molar-refractivity contribution < 1.29 is 14.3 Å². The molecule has 2 heterocycles. The molecule has 0 atom stereocenters. The van der Waals surface area contributed by atoms with Crippen molar-refractivity contribution in [2.45, 2.75) is 18.3 Å². The Labute approximate surface area is 99.9 Å². The van der Waals surface area contributed by atoms with Gasteiger partial charge in [0, 0.05) is 5.56 Å². The van der Waals surface area contributed by atoms with Crippen LogP contribution in [-0.2, 0) is 10.2 Å². The minimum atomic E-state index is -0.449. The predicted molar refractivity (Wildman–Crippen MR) is 62.4 cm³/mol. The fourth-order valence-electron chi connectivity index (χ4n) is 2.73. The summed E-state index contributed by atoms with van der Waals surface area (Å²) in [6, 6.07) is 5.58. The van der Waals surface area contributed by atoms with Crippen LogP contribution in [0.1, 0.15) is 18.4 Å². The first-order chi connectivity index (χ1) is 8.26. The van der Waals surface area contributed by atoms with E-state index in [9.17, 15) is 4.79 Å². The fourth-order valence-corrected chi connectivity index (χ4v) is 2.73. The van der Waals surface area contributed by atoms with E-state index in [2.05, 4.69) is 5.32 Å². The zero-order chi connectivity index (χ0) is 11.9. The highest BCUT2D eigenvalue weighted by molar-refractivity contribution is 5.91. The van der Waals surface area contributed by atoms with E-state index < -0.39 is 5.41 Å². The molecule has 0 unspecified atom stereocenters. The average Bonchev–Trinajstić information content (AvgIpc) is 2.63. The van der Waals surface area contributed by atoms with Gasteiger partial charge in [-0.05, 0) is 44.1 Å². The second-order valence-corrected chi connectivity index (χ2v) is 4.58. The molecular weight excluding hydrogens is 218 g/mol. The maximum atomic E-state index is 12.1. The second-order valence-electron chi connectivity index (χ2n) is 4.58. The lowest BCUT2D eigenvalue weighted by Gasteiger charge is -2.30. The van der Waals surface area contributed by atoms with Gasteiger partial charge in [-0.15, -0.1) is 0 Å². The number of nitrogens with one attached hydrogen (secondary N) is 1. The van der Waals surface area contributed by atoms with Gasteiger partial charge in [0.15, 0.2) is 0 Å². The highest BCUT2D eigenvalue weighted by atomic mass is 16.5. The molecule has 1 N–H and O–H groups in total. The molecule has 0 radical (unpaired) electrons. The number of piperidine rings is 1. The van der Waals surface area contributed by atoms with Crippen molar-refractivity contribution in [3.8, 4) is 11.5 Å². The maximum Gasteiger partial charge on any atom is 0.322 e. The fraction of sp³-hybridized carbons (Fsp3) is 0.462. The van der Waals surface area contributed by atoms with Gasteiger partial charge in [0.2, 0.25) is 0 Å². The molecule has 90 valence electrons. The lowest BCUT2D eigenvalue weighted by atomic mass is 9.74. The van der Waals surface area contributed by atoms with E-state index in [1.54, 1.807) is 7.11 Å². The van der Waals surface area contributed by atoms with Gasteiger partial charge < -0.3 is 14.8 Å². The highest BCUT2D eigenvalue weighted by Gasteiger charge is 2.49. The van der Waals surface area contributed by atoms with Crippen LogP contribution in [-0.4, -0.2) is 26.2 Å². The summed E-state index contributed by atoms with van der Waals surface area (Å²) in [6.07, 6.45) is 1.60. The molecule has 4 heteroatoms. The van der Waals surface area contributed by atoms with Gasteiger partial charge in [0.1, 0.15) is 11.5 Å². The number of benzene rings is 1. The Bertz CT molecular complexity index is 464. The first-order valence-electron chi connectivity index (χ1n) is 5.88. The molecule has 0 bridgehead atoms. The zero-order valence-electron chi connectivity index (χ0n) is 9.79. The summed E-state index contributed by atoms with van der Waals surface area (Å²) in [6.45, 7) is 1.71. The summed E-state index contributed by atoms with van der Waals surface area (Å²) >= 11 is 0. The van der Waals surface area contributed by atoms with Crippen molar-refractivity contribution in [2.75, 3.05) is 20.2 Å². The predicted octanol–water partition coefficient (Wildman–Crippen LogP) is 1.24. The summed E-state index contributed by atoms with van der Waals surface area (Å²) in [5, 5.41) is 3.28. The third-order valence-corrected chi connectivity index (χ3v) is 3.75. The maximum absolute atomic E-state index is 12.1. The summed E-state index contributed by atoms with van der Waals surface area (Å²) in [5.41, 5.74) is 0.540. The normalized spacial score (nSPS) is 21.1. The van der Waals surface area contributed by atoms with E-state index in [1.165, 1.54) is 0 Å². The molecule has 0 aliphatic carbocycles. The average molecular weight is 233 g/mol. The van der Waals surface area contributed by atoms with E-state index in [-0.39, 0.29) is 5.97 Å². The Morgan fingerprint density at radius 1 is 1.35 bits per heavy atom. The molecule has 1 fully saturated rings. The first-order valence-corrected chi connectivity index (χ1v) is 5.88. The topological polar surface area (TPSA) is 47.6 Å². The van der Waals surface area contributed by atoms with E-state index in [0.717, 1.165) is 37.2 Å². The monoisotopic (exact) mass is 233 g/mol. The summed E-state index contributed by atoms with van der Waals surface area (Å²) in [7, 11) is 1.63. The molecule has 1 aromatic rings. The third kappa shape index (κ3) is 1.44. The summed E-state index contributed by atoms with van der Waals surface area (Å²) in [4.78, 5) is 12.1. The van der Waals surface area contributed by atoms with Crippen LogP contribution in [0.3, 0.4) is 0 Å². The number of rotatable bonds is 1. The molecule has 1 spiro atoms. The molecule has 1 aromatic carbocycles. The van der Waals surface area contributed by atoms with Crippen LogP contribution in [0.25, 0.3) is 0 Å². The number of esters is 1. The molecule has 2 aliphatic heterocycles. The van der Waals surface area contributed by atoms with E-state index in [0.29, 0.717) is 5.75 Å². The number of hydrogen-bond acceptors (Lipinski definition) is 4. The number of ether oxygens (including phenoxy) is 2. The van der Waals surface area contributed by atoms with Crippen molar-refractivity contribution in [2.24, 2.45) is 0 Å². The molecule has 0 saturated carbocycles. The summed E-state index contributed by atoms with van der Waals surface area (Å²) < 4.78 is 10.6. The summed E-state index contributed by atoms with van der Waals surface area (Å²) in [5.74, 6) is 1.36. The quantitative estimate of drug-likeness (QED) is 0.585. The van der Waals surface area contributed by atoms with Crippen molar-refractivity contribution in [3.63, 3.8) is 0 Å². The third-order valence-electron chi connectivity index (χ3n) is 3.75. The van der Waals surface area contributed by atoms with Crippen LogP contribution < -0.4 is 14.8 Å². The molecule has 0 aromatic heterocycles. The van der Waals surface area contributed by atoms with Crippen LogP contribution in [0.5, 0.6) is 11.5 Å². The largest absolute Gasteiger partial charge is 0.497 e. The Kier molecular flexibility index (Phi) is 2.33. The smallest absolute Gasteiger partial charge is 0.322 e. The molecule has 0 amide bonds. The molecule has 2 aliphatic rings. The molecule has 17 heavy (non-hydrogen) atoms. The van der Waals surface area contributed by atoms with Gasteiger partial charge in [-0.3, -0.25) is 4.79 Å². The van der Waals surface area contributed by atoms with Crippen molar-refractivity contribution >= 4 is 5.97 Å². The zero-order valence-corrected chi connectivity index (χ0v) is 9.79. The number of methoxy groups -OCH3 is 1. The van der Waals surface area contributed by atoms with Gasteiger partial charge in [-0.25, -0.2) is 0 Å². The minimum absolute atomic E-state index is 0.109. The first kappa shape index (κ1) is 10.6. The van der Waals surface area contributed by atoms with Gasteiger partial charge in [-0.1, -0.05) is 0 Å². The van der Waals surface area contributed by atoms with Crippen molar-refractivity contribution in [1.29, 1.82) is 0 Å². The molecule has 3 rings (SSSR count). The van der Waals surface area contributed by atoms with E-state index in [1.807, 2.05) is 18.2 Å². The molecular formula is C13H15NO3. The number of carbonyl (C=O) groups is 1. The van der Waals surface area contributed by atoms with Crippen LogP contribution in [0.4, 0.5) is 0 Å². The standard InChI is InChI=1S/C13H15NO3/c1-16-9-2-3-11-10(8-9)13(12(15)17-11)4-6-14-7-5-13/h2-3,8,14H,4-7H2,1H3. The van der Waals surface area contributed by atoms with Crippen LogP contribution in [0, 0.1) is 0 Å². The SMILES string of the molecule is COc1ccc2c(c1)C1(CCNCC1)C(=O)O2. The van der Waals surface area contributed by atoms with E-state index >= 15 is 0 Å². The van der Waals surface area contributed by atoms with E-state index in [4.69, 9.17) is 9.47 Å². The highest BCUT2D eigenvalue weighted by Crippen LogP contribution is 2.46.